The van der Waals surface area contributed by atoms with Crippen molar-refractivity contribution in [3.8, 4) is 6.07 Å². The Kier molecular flexibility index (Phi) is 2.89. The summed E-state index contributed by atoms with van der Waals surface area (Å²) in [6, 6.07) is 5.20. The molecular formula is C15H14ClN3O2. The van der Waals surface area contributed by atoms with Crippen LogP contribution in [0.25, 0.3) is 0 Å². The molecule has 0 aromatic heterocycles. The molecule has 0 aliphatic carbocycles. The minimum atomic E-state index is -0.691. The maximum atomic E-state index is 12.6. The van der Waals surface area contributed by atoms with Gasteiger partial charge in [0, 0.05) is 6.54 Å². The number of nitriles is 1. The number of aliphatic hydroxyl groups is 1. The van der Waals surface area contributed by atoms with Gasteiger partial charge < -0.3 is 10.0 Å². The van der Waals surface area contributed by atoms with Crippen LogP contribution in [0.4, 0.5) is 10.5 Å². The molecular weight excluding hydrogens is 290 g/mol. The maximum Gasteiger partial charge on any atom is 0.325 e. The fourth-order valence-electron chi connectivity index (χ4n) is 2.96. The first-order chi connectivity index (χ1) is 9.90. The topological polar surface area (TPSA) is 67.6 Å². The molecule has 1 aromatic carbocycles. The molecule has 2 aliphatic heterocycles. The molecule has 2 amide bonds. The second-order valence-corrected chi connectivity index (χ2v) is 5.90. The Balaban J connectivity index is 2.04. The number of hydrogen-bond acceptors (Lipinski definition) is 3. The van der Waals surface area contributed by atoms with E-state index in [4.69, 9.17) is 16.9 Å². The molecule has 21 heavy (non-hydrogen) atoms. The predicted octanol–water partition coefficient (Wildman–Crippen LogP) is 2.98. The minimum Gasteiger partial charge on any atom is -0.510 e. The number of carbonyl (C=O) groups is 1. The largest absolute Gasteiger partial charge is 0.510 e. The van der Waals surface area contributed by atoms with Crippen molar-refractivity contribution in [1.82, 2.24) is 4.90 Å². The summed E-state index contributed by atoms with van der Waals surface area (Å²) in [6.07, 6.45) is 1.66. The second kappa shape index (κ2) is 4.40. The molecule has 6 heteroatoms. The van der Waals surface area contributed by atoms with E-state index in [2.05, 4.69) is 0 Å². The van der Waals surface area contributed by atoms with E-state index in [-0.39, 0.29) is 11.8 Å². The summed E-state index contributed by atoms with van der Waals surface area (Å²) in [5, 5.41) is 19.4. The molecule has 2 aliphatic rings. The van der Waals surface area contributed by atoms with Gasteiger partial charge in [-0.05, 0) is 37.6 Å². The van der Waals surface area contributed by atoms with E-state index in [0.29, 0.717) is 34.9 Å². The van der Waals surface area contributed by atoms with Crippen molar-refractivity contribution in [2.45, 2.75) is 19.4 Å². The first-order valence-electron chi connectivity index (χ1n) is 6.58. The Morgan fingerprint density at radius 2 is 2.19 bits per heavy atom. The van der Waals surface area contributed by atoms with Crippen LogP contribution in [0.15, 0.2) is 24.0 Å². The zero-order chi connectivity index (χ0) is 15.4. The fourth-order valence-corrected chi connectivity index (χ4v) is 3.16. The monoisotopic (exact) mass is 303 g/mol. The Hall–Kier alpha value is -2.19. The number of nitrogens with zero attached hydrogens (tertiary/aromatic N) is 3. The van der Waals surface area contributed by atoms with Gasteiger partial charge in [0.25, 0.3) is 0 Å². The summed E-state index contributed by atoms with van der Waals surface area (Å²) in [7, 11) is 0. The van der Waals surface area contributed by atoms with Crippen LogP contribution in [-0.4, -0.2) is 34.7 Å². The summed E-state index contributed by atoms with van der Waals surface area (Å²) in [4.78, 5) is 15.8. The average molecular weight is 304 g/mol. The lowest BCUT2D eigenvalue weighted by atomic mass is 10.0. The minimum absolute atomic E-state index is 0.165. The fraction of sp³-hybridized carbons (Fsp3) is 0.333. The Morgan fingerprint density at radius 3 is 2.81 bits per heavy atom. The molecule has 1 aromatic rings. The number of rotatable bonds is 1. The average Bonchev–Trinajstić information content (AvgIpc) is 2.88. The Bertz CT molecular complexity index is 722. The highest BCUT2D eigenvalue weighted by Gasteiger charge is 2.52. The highest BCUT2D eigenvalue weighted by molar-refractivity contribution is 6.33. The third kappa shape index (κ3) is 1.72. The van der Waals surface area contributed by atoms with Crippen molar-refractivity contribution in [1.29, 1.82) is 5.26 Å². The van der Waals surface area contributed by atoms with Gasteiger partial charge in [0.05, 0.1) is 22.8 Å². The molecule has 0 saturated carbocycles. The van der Waals surface area contributed by atoms with Gasteiger partial charge in [0.15, 0.2) is 0 Å². The van der Waals surface area contributed by atoms with Crippen LogP contribution in [0, 0.1) is 18.3 Å². The molecule has 1 N–H and O–H groups in total. The number of anilines is 1. The first kappa shape index (κ1) is 13.8. The lowest BCUT2D eigenvalue weighted by Crippen LogP contribution is -2.41. The molecule has 0 spiro atoms. The lowest BCUT2D eigenvalue weighted by molar-refractivity contribution is 0.181. The number of hydrogen-bond donors (Lipinski definition) is 1. The van der Waals surface area contributed by atoms with Gasteiger partial charge in [-0.1, -0.05) is 11.6 Å². The number of benzene rings is 1. The molecule has 1 fully saturated rings. The molecule has 0 bridgehead atoms. The van der Waals surface area contributed by atoms with E-state index in [1.807, 2.05) is 13.0 Å². The SMILES string of the molecule is Cc1c(N2CC3(C)C(O)=CCN3C2=O)ccc(C#N)c1Cl. The molecule has 5 nitrogen and oxygen atoms in total. The van der Waals surface area contributed by atoms with Gasteiger partial charge in [-0.15, -0.1) is 0 Å². The smallest absolute Gasteiger partial charge is 0.325 e. The van der Waals surface area contributed by atoms with Crippen molar-refractivity contribution in [2.24, 2.45) is 0 Å². The summed E-state index contributed by atoms with van der Waals surface area (Å²) < 4.78 is 0. The zero-order valence-corrected chi connectivity index (χ0v) is 12.5. The van der Waals surface area contributed by atoms with Crippen LogP contribution in [0.3, 0.4) is 0 Å². The molecule has 0 radical (unpaired) electrons. The summed E-state index contributed by atoms with van der Waals surface area (Å²) in [5.74, 6) is 0.218. The quantitative estimate of drug-likeness (QED) is 0.867. The first-order valence-corrected chi connectivity index (χ1v) is 6.96. The van der Waals surface area contributed by atoms with E-state index in [1.165, 1.54) is 0 Å². The number of urea groups is 1. The molecule has 3 rings (SSSR count). The molecule has 1 atom stereocenters. The number of amides is 2. The van der Waals surface area contributed by atoms with Crippen LogP contribution in [0.2, 0.25) is 5.02 Å². The van der Waals surface area contributed by atoms with E-state index in [0.717, 1.165) is 0 Å². The van der Waals surface area contributed by atoms with E-state index in [9.17, 15) is 9.90 Å². The molecule has 108 valence electrons. The van der Waals surface area contributed by atoms with Crippen molar-refractivity contribution in [3.63, 3.8) is 0 Å². The Labute approximate surface area is 127 Å². The molecule has 2 heterocycles. The van der Waals surface area contributed by atoms with Gasteiger partial charge in [0.1, 0.15) is 17.4 Å². The number of halogens is 1. The van der Waals surface area contributed by atoms with Crippen LogP contribution in [-0.2, 0) is 0 Å². The van der Waals surface area contributed by atoms with Gasteiger partial charge in [-0.25, -0.2) is 4.79 Å². The summed E-state index contributed by atoms with van der Waals surface area (Å²) in [6.45, 7) is 4.38. The number of aliphatic hydroxyl groups excluding tert-OH is 1. The van der Waals surface area contributed by atoms with Crippen molar-refractivity contribution in [2.75, 3.05) is 18.0 Å². The highest BCUT2D eigenvalue weighted by Crippen LogP contribution is 2.40. The van der Waals surface area contributed by atoms with E-state index in [1.54, 1.807) is 34.9 Å². The predicted molar refractivity (Wildman–Crippen MR) is 79.5 cm³/mol. The summed E-state index contributed by atoms with van der Waals surface area (Å²) >= 11 is 6.17. The van der Waals surface area contributed by atoms with Crippen LogP contribution in [0.1, 0.15) is 18.1 Å². The van der Waals surface area contributed by atoms with Gasteiger partial charge >= 0.3 is 6.03 Å². The summed E-state index contributed by atoms with van der Waals surface area (Å²) in [5.41, 5.74) is 1.06. The normalized spacial score (nSPS) is 24.1. The third-order valence-corrected chi connectivity index (χ3v) is 4.80. The molecule has 1 unspecified atom stereocenters. The highest BCUT2D eigenvalue weighted by atomic mass is 35.5. The number of fused-ring (bicyclic) bond motifs is 1. The lowest BCUT2D eigenvalue weighted by Gasteiger charge is -2.25. The van der Waals surface area contributed by atoms with Gasteiger partial charge in [-0.2, -0.15) is 5.26 Å². The number of carbonyl (C=O) groups excluding carboxylic acids is 1. The Morgan fingerprint density at radius 1 is 1.48 bits per heavy atom. The second-order valence-electron chi connectivity index (χ2n) is 5.53. The maximum absolute atomic E-state index is 12.6. The van der Waals surface area contributed by atoms with Gasteiger partial charge in [-0.3, -0.25) is 4.90 Å². The van der Waals surface area contributed by atoms with E-state index < -0.39 is 5.54 Å². The van der Waals surface area contributed by atoms with Crippen LogP contribution < -0.4 is 4.90 Å². The van der Waals surface area contributed by atoms with Crippen molar-refractivity contribution >= 4 is 23.3 Å². The van der Waals surface area contributed by atoms with Crippen molar-refractivity contribution < 1.29 is 9.90 Å². The van der Waals surface area contributed by atoms with Crippen LogP contribution in [0.5, 0.6) is 0 Å². The van der Waals surface area contributed by atoms with E-state index >= 15 is 0 Å². The van der Waals surface area contributed by atoms with Crippen molar-refractivity contribution in [3.05, 3.63) is 40.1 Å². The molecule has 1 saturated heterocycles. The standard InChI is InChI=1S/C15H14ClN3O2/c1-9-11(4-3-10(7-17)13(9)16)18-8-15(2)12(20)5-6-19(15)14(18)21/h3-5,20H,6,8H2,1-2H3. The van der Waals surface area contributed by atoms with Gasteiger partial charge in [0.2, 0.25) is 0 Å². The zero-order valence-electron chi connectivity index (χ0n) is 11.7. The third-order valence-electron chi connectivity index (χ3n) is 4.31. The van der Waals surface area contributed by atoms with Crippen LogP contribution >= 0.6 is 11.6 Å².